The average molecular weight is 184 g/mol. The second-order valence-corrected chi connectivity index (χ2v) is 1.61. The SMILES string of the molecule is CNCc1cnc[nH]1.Cl.Cl. The smallest absolute Gasteiger partial charge is 0.0922 e. The predicted octanol–water partition coefficient (Wildman–Crippen LogP) is 0.973. The van der Waals surface area contributed by atoms with Crippen molar-refractivity contribution in [3.05, 3.63) is 18.2 Å². The Labute approximate surface area is 72.4 Å². The molecule has 0 bridgehead atoms. The van der Waals surface area contributed by atoms with Crippen molar-refractivity contribution in [2.75, 3.05) is 7.05 Å². The van der Waals surface area contributed by atoms with Gasteiger partial charge in [0.15, 0.2) is 0 Å². The van der Waals surface area contributed by atoms with Gasteiger partial charge in [0, 0.05) is 18.4 Å². The minimum atomic E-state index is 0. The third kappa shape index (κ3) is 3.71. The summed E-state index contributed by atoms with van der Waals surface area (Å²) in [5.74, 6) is 0. The van der Waals surface area contributed by atoms with Crippen LogP contribution in [0.25, 0.3) is 0 Å². The number of halogens is 2. The summed E-state index contributed by atoms with van der Waals surface area (Å²) in [7, 11) is 1.90. The second-order valence-electron chi connectivity index (χ2n) is 1.61. The number of nitrogens with one attached hydrogen (secondary N) is 2. The Kier molecular flexibility index (Phi) is 8.53. The van der Waals surface area contributed by atoms with Gasteiger partial charge in [0.2, 0.25) is 0 Å². The standard InChI is InChI=1S/C5H9N3.2ClH/c1-6-2-5-3-7-4-8-5;;/h3-4,6H,2H2,1H3,(H,7,8);2*1H. The lowest BCUT2D eigenvalue weighted by Gasteiger charge is -1.89. The molecule has 1 heterocycles. The van der Waals surface area contributed by atoms with E-state index >= 15 is 0 Å². The van der Waals surface area contributed by atoms with Gasteiger partial charge < -0.3 is 10.3 Å². The van der Waals surface area contributed by atoms with E-state index in [4.69, 9.17) is 0 Å². The minimum Gasteiger partial charge on any atom is -0.347 e. The number of nitrogens with zero attached hydrogens (tertiary/aromatic N) is 1. The molecule has 0 atom stereocenters. The van der Waals surface area contributed by atoms with Crippen molar-refractivity contribution in [3.63, 3.8) is 0 Å². The van der Waals surface area contributed by atoms with E-state index in [1.165, 1.54) is 0 Å². The summed E-state index contributed by atoms with van der Waals surface area (Å²) in [6.07, 6.45) is 3.48. The highest BCUT2D eigenvalue weighted by Gasteiger charge is 1.85. The van der Waals surface area contributed by atoms with Gasteiger partial charge in [-0.05, 0) is 7.05 Å². The lowest BCUT2D eigenvalue weighted by atomic mass is 10.5. The van der Waals surface area contributed by atoms with Crippen LogP contribution in [0.3, 0.4) is 0 Å². The molecule has 0 fully saturated rings. The van der Waals surface area contributed by atoms with Gasteiger partial charge in [-0.2, -0.15) is 0 Å². The van der Waals surface area contributed by atoms with Gasteiger partial charge in [-0.15, -0.1) is 24.8 Å². The van der Waals surface area contributed by atoms with E-state index in [-0.39, 0.29) is 24.8 Å². The van der Waals surface area contributed by atoms with Crippen LogP contribution in [-0.4, -0.2) is 17.0 Å². The van der Waals surface area contributed by atoms with E-state index in [1.54, 1.807) is 12.5 Å². The van der Waals surface area contributed by atoms with Crippen LogP contribution < -0.4 is 5.32 Å². The summed E-state index contributed by atoms with van der Waals surface area (Å²) in [5, 5.41) is 3.00. The van der Waals surface area contributed by atoms with Crippen molar-refractivity contribution in [2.45, 2.75) is 6.54 Å². The fraction of sp³-hybridized carbons (Fsp3) is 0.400. The molecule has 0 radical (unpaired) electrons. The number of imidazole rings is 1. The molecule has 0 amide bonds. The summed E-state index contributed by atoms with van der Waals surface area (Å²) in [6, 6.07) is 0. The Hall–Kier alpha value is -0.250. The highest BCUT2D eigenvalue weighted by Crippen LogP contribution is 1.86. The summed E-state index contributed by atoms with van der Waals surface area (Å²) in [5.41, 5.74) is 1.12. The van der Waals surface area contributed by atoms with Crippen molar-refractivity contribution in [1.29, 1.82) is 0 Å². The predicted molar refractivity (Wildman–Crippen MR) is 45.8 cm³/mol. The highest BCUT2D eigenvalue weighted by atomic mass is 35.5. The molecule has 5 heteroatoms. The van der Waals surface area contributed by atoms with Crippen LogP contribution in [0, 0.1) is 0 Å². The maximum absolute atomic E-state index is 3.85. The fourth-order valence-corrected chi connectivity index (χ4v) is 0.572. The van der Waals surface area contributed by atoms with Gasteiger partial charge in [0.05, 0.1) is 6.33 Å². The summed E-state index contributed by atoms with van der Waals surface area (Å²) < 4.78 is 0. The number of hydrogen-bond acceptors (Lipinski definition) is 2. The lowest BCUT2D eigenvalue weighted by Crippen LogP contribution is -2.04. The lowest BCUT2D eigenvalue weighted by molar-refractivity contribution is 0.797. The van der Waals surface area contributed by atoms with E-state index in [0.29, 0.717) is 0 Å². The maximum Gasteiger partial charge on any atom is 0.0922 e. The molecule has 0 aliphatic heterocycles. The minimum absolute atomic E-state index is 0. The van der Waals surface area contributed by atoms with E-state index in [1.807, 2.05) is 7.05 Å². The zero-order chi connectivity index (χ0) is 5.82. The van der Waals surface area contributed by atoms with Gasteiger partial charge in [0.25, 0.3) is 0 Å². The quantitative estimate of drug-likeness (QED) is 0.718. The molecule has 0 aromatic carbocycles. The molecule has 0 unspecified atom stereocenters. The number of hydrogen-bond donors (Lipinski definition) is 2. The van der Waals surface area contributed by atoms with Crippen LogP contribution in [0.4, 0.5) is 0 Å². The largest absolute Gasteiger partial charge is 0.347 e. The number of aromatic amines is 1. The van der Waals surface area contributed by atoms with Crippen molar-refractivity contribution in [1.82, 2.24) is 15.3 Å². The summed E-state index contributed by atoms with van der Waals surface area (Å²) in [4.78, 5) is 6.81. The monoisotopic (exact) mass is 183 g/mol. The van der Waals surface area contributed by atoms with E-state index in [2.05, 4.69) is 15.3 Å². The summed E-state index contributed by atoms with van der Waals surface area (Å²) in [6.45, 7) is 0.861. The van der Waals surface area contributed by atoms with E-state index < -0.39 is 0 Å². The van der Waals surface area contributed by atoms with Gasteiger partial charge in [-0.25, -0.2) is 4.98 Å². The number of rotatable bonds is 2. The van der Waals surface area contributed by atoms with Crippen LogP contribution >= 0.6 is 24.8 Å². The average Bonchev–Trinajstić information content (AvgIpc) is 2.19. The Morgan fingerprint density at radius 2 is 2.30 bits per heavy atom. The first-order valence-corrected chi connectivity index (χ1v) is 2.55. The topological polar surface area (TPSA) is 40.7 Å². The van der Waals surface area contributed by atoms with Gasteiger partial charge in [-0.1, -0.05) is 0 Å². The Morgan fingerprint density at radius 3 is 2.70 bits per heavy atom. The molecular weight excluding hydrogens is 173 g/mol. The van der Waals surface area contributed by atoms with Crippen LogP contribution in [0.1, 0.15) is 5.69 Å². The highest BCUT2D eigenvalue weighted by molar-refractivity contribution is 5.85. The van der Waals surface area contributed by atoms with Crippen LogP contribution in [0.15, 0.2) is 12.5 Å². The molecule has 0 aliphatic carbocycles. The van der Waals surface area contributed by atoms with Gasteiger partial charge in [-0.3, -0.25) is 0 Å². The first kappa shape index (κ1) is 12.4. The van der Waals surface area contributed by atoms with Crippen molar-refractivity contribution >= 4 is 24.8 Å². The molecule has 0 saturated heterocycles. The van der Waals surface area contributed by atoms with Crippen LogP contribution in [-0.2, 0) is 6.54 Å². The molecule has 10 heavy (non-hydrogen) atoms. The third-order valence-corrected chi connectivity index (χ3v) is 0.922. The molecule has 0 spiro atoms. The van der Waals surface area contributed by atoms with E-state index in [0.717, 1.165) is 12.2 Å². The first-order valence-electron chi connectivity index (χ1n) is 2.55. The van der Waals surface area contributed by atoms with Crippen molar-refractivity contribution in [3.8, 4) is 0 Å². The van der Waals surface area contributed by atoms with Crippen molar-refractivity contribution < 1.29 is 0 Å². The molecule has 60 valence electrons. The molecule has 0 saturated carbocycles. The molecule has 1 rings (SSSR count). The Bertz CT molecular complexity index is 141. The first-order chi connectivity index (χ1) is 3.93. The van der Waals surface area contributed by atoms with E-state index in [9.17, 15) is 0 Å². The van der Waals surface area contributed by atoms with Gasteiger partial charge >= 0.3 is 0 Å². The zero-order valence-corrected chi connectivity index (χ0v) is 7.26. The Morgan fingerprint density at radius 1 is 1.60 bits per heavy atom. The number of H-pyrrole nitrogens is 1. The zero-order valence-electron chi connectivity index (χ0n) is 5.63. The number of aromatic nitrogens is 2. The van der Waals surface area contributed by atoms with Crippen LogP contribution in [0.2, 0.25) is 0 Å². The second kappa shape index (κ2) is 6.86. The fourth-order valence-electron chi connectivity index (χ4n) is 0.572. The Balaban J connectivity index is 0. The molecule has 3 nitrogen and oxygen atoms in total. The normalized spacial score (nSPS) is 7.70. The van der Waals surface area contributed by atoms with Crippen LogP contribution in [0.5, 0.6) is 0 Å². The molecular formula is C5H11Cl2N3. The molecule has 2 N–H and O–H groups in total. The third-order valence-electron chi connectivity index (χ3n) is 0.922. The van der Waals surface area contributed by atoms with Gasteiger partial charge in [0.1, 0.15) is 0 Å². The molecule has 1 aromatic heterocycles. The summed E-state index contributed by atoms with van der Waals surface area (Å²) >= 11 is 0. The molecule has 1 aromatic rings. The van der Waals surface area contributed by atoms with Crippen molar-refractivity contribution in [2.24, 2.45) is 0 Å². The molecule has 0 aliphatic rings. The maximum atomic E-state index is 3.85.